The van der Waals surface area contributed by atoms with Crippen molar-refractivity contribution >= 4 is 27.0 Å². The van der Waals surface area contributed by atoms with Crippen molar-refractivity contribution in [1.29, 1.82) is 0 Å². The van der Waals surface area contributed by atoms with Crippen molar-refractivity contribution in [3.8, 4) is 0 Å². The number of rotatable bonds is 1. The van der Waals surface area contributed by atoms with Crippen LogP contribution in [0, 0.1) is 0 Å². The molecule has 0 saturated carbocycles. The van der Waals surface area contributed by atoms with Crippen LogP contribution in [0.25, 0.3) is 0 Å². The molecule has 1 aromatic heterocycles. The third-order valence-corrected chi connectivity index (χ3v) is 2.66. The molecule has 0 aliphatic rings. The fourth-order valence-electron chi connectivity index (χ4n) is 0.618. The van der Waals surface area contributed by atoms with E-state index in [2.05, 4.69) is 10.9 Å². The summed E-state index contributed by atoms with van der Waals surface area (Å²) in [7, 11) is -2.14. The molecule has 1 unspecified atom stereocenters. The van der Waals surface area contributed by atoms with Gasteiger partial charge < -0.3 is 0 Å². The van der Waals surface area contributed by atoms with Crippen LogP contribution < -0.4 is 0 Å². The summed E-state index contributed by atoms with van der Waals surface area (Å²) in [5, 5.41) is 0.400. The fourth-order valence-corrected chi connectivity index (χ4v) is 1.36. The molecule has 11 heavy (non-hydrogen) atoms. The Morgan fingerprint density at radius 3 is 2.64 bits per heavy atom. The first-order chi connectivity index (χ1) is 5.00. The van der Waals surface area contributed by atoms with Gasteiger partial charge in [-0.15, -0.1) is 0 Å². The maximum Gasteiger partial charge on any atom is 0.129 e. The minimum absolute atomic E-state index is 0.400. The summed E-state index contributed by atoms with van der Waals surface area (Å²) in [6, 6.07) is 3.27. The largest absolute Gasteiger partial charge is 0.263 e. The van der Waals surface area contributed by atoms with Crippen molar-refractivity contribution in [2.24, 2.45) is 0 Å². The Bertz CT molecular complexity index is 341. The molecule has 60 valence electrons. The molecule has 0 fully saturated rings. The summed E-state index contributed by atoms with van der Waals surface area (Å²) >= 11 is 5.54. The van der Waals surface area contributed by atoms with Crippen LogP contribution in [0.4, 0.5) is 0 Å². The summed E-state index contributed by atoms with van der Waals surface area (Å²) in [4.78, 5) is 4.42. The molecule has 1 atom stereocenters. The van der Waals surface area contributed by atoms with Crippen LogP contribution in [0.1, 0.15) is 0 Å². The van der Waals surface area contributed by atoms with Crippen molar-refractivity contribution < 1.29 is 4.21 Å². The van der Waals surface area contributed by atoms with Crippen LogP contribution >= 0.6 is 11.6 Å². The number of hydrogen-bond donors (Lipinski definition) is 0. The van der Waals surface area contributed by atoms with E-state index in [1.165, 1.54) is 6.20 Å². The molecule has 0 aliphatic carbocycles. The highest BCUT2D eigenvalue weighted by Gasteiger charge is 1.99. The van der Waals surface area contributed by atoms with Gasteiger partial charge in [-0.25, -0.2) is 4.98 Å². The van der Waals surface area contributed by atoms with Crippen molar-refractivity contribution in [2.45, 2.75) is 4.90 Å². The third-order valence-electron chi connectivity index (χ3n) is 1.20. The first-order valence-corrected chi connectivity index (χ1v) is 5.45. The molecule has 0 N–H and O–H groups in total. The molecular weight excluding hydrogens is 182 g/mol. The maximum atomic E-state index is 11.3. The molecule has 0 saturated heterocycles. The Balaban J connectivity index is 3.20. The van der Waals surface area contributed by atoms with E-state index in [4.69, 9.17) is 11.6 Å². The summed E-state index contributed by atoms with van der Waals surface area (Å²) < 4.78 is 11.3. The Labute approximate surface area is 71.2 Å². The van der Waals surface area contributed by atoms with Gasteiger partial charge in [0.05, 0.1) is 0 Å². The molecule has 1 aromatic rings. The van der Waals surface area contributed by atoms with Gasteiger partial charge in [0, 0.05) is 17.3 Å². The minimum Gasteiger partial charge on any atom is -0.263 e. The number of pyridine rings is 1. The minimum atomic E-state index is -2.14. The van der Waals surface area contributed by atoms with Gasteiger partial charge in [0.2, 0.25) is 0 Å². The molecule has 0 aliphatic heterocycles. The van der Waals surface area contributed by atoms with Gasteiger partial charge in [-0.05, 0) is 27.5 Å². The number of aromatic nitrogens is 1. The molecule has 1 rings (SSSR count). The summed E-state index contributed by atoms with van der Waals surface area (Å²) in [5.74, 6) is 3.52. The van der Waals surface area contributed by atoms with E-state index >= 15 is 0 Å². The van der Waals surface area contributed by atoms with Crippen LogP contribution in [0.2, 0.25) is 5.15 Å². The second-order valence-electron chi connectivity index (χ2n) is 2.32. The zero-order chi connectivity index (χ0) is 8.48. The molecule has 0 bridgehead atoms. The zero-order valence-corrected chi connectivity index (χ0v) is 7.65. The van der Waals surface area contributed by atoms with Gasteiger partial charge in [-0.3, -0.25) is 4.21 Å². The van der Waals surface area contributed by atoms with Gasteiger partial charge in [-0.1, -0.05) is 11.6 Å². The van der Waals surface area contributed by atoms with Gasteiger partial charge >= 0.3 is 0 Å². The van der Waals surface area contributed by atoms with Gasteiger partial charge in [-0.2, -0.15) is 0 Å². The third kappa shape index (κ3) is 2.20. The van der Waals surface area contributed by atoms with Gasteiger partial charge in [0.15, 0.2) is 0 Å². The average molecular weight is 190 g/mol. The van der Waals surface area contributed by atoms with E-state index in [0.717, 1.165) is 0 Å². The van der Waals surface area contributed by atoms with Gasteiger partial charge in [0.1, 0.15) is 5.15 Å². The standard InChI is InChI=1S/C7H8ClNOS/c1-11(2,10)6-3-4-7(8)9-5-6/h3-5H,1H2,2H3. The SMILES string of the molecule is C=S(C)(=O)c1ccc(Cl)nc1. The van der Waals surface area contributed by atoms with Gasteiger partial charge in [0.25, 0.3) is 0 Å². The van der Waals surface area contributed by atoms with Crippen LogP contribution in [-0.4, -0.2) is 21.3 Å². The molecular formula is C7H8ClNOS. The normalized spacial score (nSPS) is 15.8. The second-order valence-corrected chi connectivity index (χ2v) is 5.19. The molecule has 0 aromatic carbocycles. The van der Waals surface area contributed by atoms with E-state index in [1.807, 2.05) is 0 Å². The predicted molar refractivity (Wildman–Crippen MR) is 48.7 cm³/mol. The molecule has 2 nitrogen and oxygen atoms in total. The lowest BCUT2D eigenvalue weighted by Crippen LogP contribution is -1.96. The predicted octanol–water partition coefficient (Wildman–Crippen LogP) is 1.44. The van der Waals surface area contributed by atoms with E-state index in [9.17, 15) is 4.21 Å². The first-order valence-electron chi connectivity index (χ1n) is 2.94. The van der Waals surface area contributed by atoms with Crippen molar-refractivity contribution in [3.05, 3.63) is 23.5 Å². The molecule has 1 heterocycles. The molecule has 4 heteroatoms. The van der Waals surface area contributed by atoms with Crippen molar-refractivity contribution in [1.82, 2.24) is 4.98 Å². The highest BCUT2D eigenvalue weighted by Crippen LogP contribution is 2.09. The zero-order valence-electron chi connectivity index (χ0n) is 6.08. The fraction of sp³-hybridized carbons (Fsp3) is 0.143. The summed E-state index contributed by atoms with van der Waals surface area (Å²) in [6.07, 6.45) is 3.05. The molecule has 0 amide bonds. The number of halogens is 1. The Morgan fingerprint density at radius 2 is 2.27 bits per heavy atom. The number of hydrogen-bond acceptors (Lipinski definition) is 2. The highest BCUT2D eigenvalue weighted by molar-refractivity contribution is 7.99. The van der Waals surface area contributed by atoms with Crippen LogP contribution in [0.15, 0.2) is 23.2 Å². The van der Waals surface area contributed by atoms with Crippen LogP contribution in [-0.2, 0) is 9.52 Å². The Morgan fingerprint density at radius 1 is 1.64 bits per heavy atom. The second kappa shape index (κ2) is 2.83. The quantitative estimate of drug-likeness (QED) is 0.495. The smallest absolute Gasteiger partial charge is 0.129 e. The summed E-state index contributed by atoms with van der Waals surface area (Å²) in [5.41, 5.74) is 0. The van der Waals surface area contributed by atoms with Crippen LogP contribution in [0.5, 0.6) is 0 Å². The first kappa shape index (κ1) is 8.56. The van der Waals surface area contributed by atoms with E-state index in [-0.39, 0.29) is 0 Å². The van der Waals surface area contributed by atoms with Crippen molar-refractivity contribution in [2.75, 3.05) is 6.26 Å². The molecule has 0 spiro atoms. The highest BCUT2D eigenvalue weighted by atomic mass is 35.5. The lowest BCUT2D eigenvalue weighted by molar-refractivity contribution is 0.684. The van der Waals surface area contributed by atoms with Crippen molar-refractivity contribution in [3.63, 3.8) is 0 Å². The van der Waals surface area contributed by atoms with E-state index in [1.54, 1.807) is 18.4 Å². The average Bonchev–Trinajstić information content (AvgIpc) is 1.86. The Hall–Kier alpha value is -0.540. The number of nitrogens with zero attached hydrogens (tertiary/aromatic N) is 1. The lowest BCUT2D eigenvalue weighted by atomic mass is 10.5. The monoisotopic (exact) mass is 189 g/mol. The Kier molecular flexibility index (Phi) is 2.20. The van der Waals surface area contributed by atoms with Crippen LogP contribution in [0.3, 0.4) is 0 Å². The topological polar surface area (TPSA) is 30.0 Å². The summed E-state index contributed by atoms with van der Waals surface area (Å²) in [6.45, 7) is 0. The van der Waals surface area contributed by atoms with E-state index < -0.39 is 9.52 Å². The molecule has 0 radical (unpaired) electrons. The van der Waals surface area contributed by atoms with E-state index in [0.29, 0.717) is 10.0 Å². The lowest BCUT2D eigenvalue weighted by Gasteiger charge is -1.99. The maximum absolute atomic E-state index is 11.3.